The fourth-order valence-electron chi connectivity index (χ4n) is 5.32. The van der Waals surface area contributed by atoms with Crippen molar-refractivity contribution in [2.45, 2.75) is 64.1 Å². The van der Waals surface area contributed by atoms with Gasteiger partial charge in [-0.2, -0.15) is 0 Å². The number of ether oxygens (including phenoxy) is 2. The minimum absolute atomic E-state index is 0.253. The van der Waals surface area contributed by atoms with E-state index in [0.29, 0.717) is 25.5 Å². The number of nitrogens with zero attached hydrogens (tertiary/aromatic N) is 1. The lowest BCUT2D eigenvalue weighted by Gasteiger charge is -2.48. The van der Waals surface area contributed by atoms with E-state index in [2.05, 4.69) is 26.1 Å². The zero-order valence-electron chi connectivity index (χ0n) is 19.9. The van der Waals surface area contributed by atoms with Gasteiger partial charge in [0.15, 0.2) is 0 Å². The third-order valence-corrected chi connectivity index (χ3v) is 7.12. The van der Waals surface area contributed by atoms with Crippen LogP contribution in [0.1, 0.15) is 51.2 Å². The first-order valence-corrected chi connectivity index (χ1v) is 12.0. The molecule has 2 saturated heterocycles. The first kappa shape index (κ1) is 23.6. The van der Waals surface area contributed by atoms with Crippen LogP contribution in [-0.2, 0) is 17.7 Å². The molecule has 1 atom stereocenters. The highest BCUT2D eigenvalue weighted by Crippen LogP contribution is 2.49. The molecule has 178 valence electrons. The van der Waals surface area contributed by atoms with Crippen molar-refractivity contribution in [2.24, 2.45) is 5.92 Å². The predicted molar refractivity (Wildman–Crippen MR) is 127 cm³/mol. The normalized spacial score (nSPS) is 22.1. The van der Waals surface area contributed by atoms with Crippen LogP contribution in [0.5, 0.6) is 5.75 Å². The maximum Gasteiger partial charge on any atom is 0.411 e. The summed E-state index contributed by atoms with van der Waals surface area (Å²) in [6.45, 7) is 9.14. The molecule has 6 heteroatoms. The van der Waals surface area contributed by atoms with E-state index in [4.69, 9.17) is 9.47 Å². The van der Waals surface area contributed by atoms with E-state index in [0.717, 1.165) is 49.2 Å². The van der Waals surface area contributed by atoms with Crippen LogP contribution in [-0.4, -0.2) is 41.8 Å². The number of hydrogen-bond acceptors (Lipinski definition) is 4. The molecule has 0 aliphatic carbocycles. The van der Waals surface area contributed by atoms with Crippen molar-refractivity contribution in [1.82, 2.24) is 10.2 Å². The fraction of sp³-hybridized carbons (Fsp3) is 0.519. The fourth-order valence-corrected chi connectivity index (χ4v) is 5.32. The molecular weight excluding hydrogens is 419 g/mol. The zero-order valence-corrected chi connectivity index (χ0v) is 19.9. The standard InChI is InChI=1S/C27H35FN2O3/c1-4-26(17-21-5-9-23(28)10-6-21)27(13-15-29-16-14-27)33-25(31)30(26)18-22-7-11-24(12-8-22)32-19-20(2)3/h5-12,20,29H,4,13-19H2,1-3H3. The van der Waals surface area contributed by atoms with Gasteiger partial charge in [-0.1, -0.05) is 45.0 Å². The number of benzene rings is 2. The summed E-state index contributed by atoms with van der Waals surface area (Å²) in [6, 6.07) is 14.6. The number of hydrogen-bond donors (Lipinski definition) is 1. The Kier molecular flexibility index (Phi) is 6.94. The second-order valence-electron chi connectivity index (χ2n) is 9.74. The number of rotatable bonds is 8. The summed E-state index contributed by atoms with van der Waals surface area (Å²) < 4.78 is 25.6. The predicted octanol–water partition coefficient (Wildman–Crippen LogP) is 5.33. The number of piperidine rings is 1. The van der Waals surface area contributed by atoms with E-state index < -0.39 is 11.1 Å². The average Bonchev–Trinajstić information content (AvgIpc) is 3.02. The SMILES string of the molecule is CCC1(Cc2ccc(F)cc2)N(Cc2ccc(OCC(C)C)cc2)C(=O)OC12CCNCC2. The van der Waals surface area contributed by atoms with Crippen molar-refractivity contribution in [1.29, 1.82) is 0 Å². The van der Waals surface area contributed by atoms with Gasteiger partial charge in [0.2, 0.25) is 0 Å². The number of carbonyl (C=O) groups excluding carboxylic acids is 1. The smallest absolute Gasteiger partial charge is 0.411 e. The molecule has 1 spiro atoms. The summed E-state index contributed by atoms with van der Waals surface area (Å²) in [5.41, 5.74) is 0.985. The number of carbonyl (C=O) groups is 1. The third kappa shape index (κ3) is 4.72. The van der Waals surface area contributed by atoms with Crippen LogP contribution < -0.4 is 10.1 Å². The molecule has 2 heterocycles. The Morgan fingerprint density at radius 2 is 1.70 bits per heavy atom. The van der Waals surface area contributed by atoms with E-state index in [-0.39, 0.29) is 11.9 Å². The average molecular weight is 455 g/mol. The minimum atomic E-state index is -0.557. The first-order valence-electron chi connectivity index (χ1n) is 12.0. The summed E-state index contributed by atoms with van der Waals surface area (Å²) in [4.78, 5) is 15.2. The topological polar surface area (TPSA) is 50.8 Å². The monoisotopic (exact) mass is 454 g/mol. The van der Waals surface area contributed by atoms with Crippen LogP contribution in [0.15, 0.2) is 48.5 Å². The van der Waals surface area contributed by atoms with Gasteiger partial charge in [-0.15, -0.1) is 0 Å². The number of amides is 1. The lowest BCUT2D eigenvalue weighted by Crippen LogP contribution is -2.62. The Bertz CT molecular complexity index is 939. The van der Waals surface area contributed by atoms with Gasteiger partial charge in [0.25, 0.3) is 0 Å². The van der Waals surface area contributed by atoms with Gasteiger partial charge in [0.05, 0.1) is 12.1 Å². The molecule has 0 radical (unpaired) electrons. The van der Waals surface area contributed by atoms with Crippen LogP contribution in [0.4, 0.5) is 9.18 Å². The van der Waals surface area contributed by atoms with Crippen molar-refractivity contribution in [3.63, 3.8) is 0 Å². The Morgan fingerprint density at radius 3 is 2.30 bits per heavy atom. The maximum atomic E-state index is 13.6. The lowest BCUT2D eigenvalue weighted by atomic mass is 9.68. The Hall–Kier alpha value is -2.60. The van der Waals surface area contributed by atoms with E-state index >= 15 is 0 Å². The number of halogens is 1. The van der Waals surface area contributed by atoms with Gasteiger partial charge in [0.1, 0.15) is 17.2 Å². The van der Waals surface area contributed by atoms with Crippen LogP contribution >= 0.6 is 0 Å². The van der Waals surface area contributed by atoms with E-state index in [1.807, 2.05) is 41.3 Å². The van der Waals surface area contributed by atoms with Crippen LogP contribution in [0, 0.1) is 11.7 Å². The maximum absolute atomic E-state index is 13.6. The molecule has 2 aromatic rings. The molecule has 1 amide bonds. The van der Waals surface area contributed by atoms with Crippen molar-refractivity contribution in [3.05, 3.63) is 65.5 Å². The quantitative estimate of drug-likeness (QED) is 0.586. The summed E-state index contributed by atoms with van der Waals surface area (Å²) in [6.07, 6.45) is 2.66. The molecule has 2 fully saturated rings. The largest absolute Gasteiger partial charge is 0.493 e. The number of nitrogens with one attached hydrogen (secondary N) is 1. The molecule has 0 saturated carbocycles. The van der Waals surface area contributed by atoms with Crippen molar-refractivity contribution >= 4 is 6.09 Å². The Labute approximate surface area is 196 Å². The molecule has 0 aromatic heterocycles. The van der Waals surface area contributed by atoms with Gasteiger partial charge in [-0.25, -0.2) is 9.18 Å². The molecule has 5 nitrogen and oxygen atoms in total. The Balaban J connectivity index is 1.64. The molecule has 0 bridgehead atoms. The highest BCUT2D eigenvalue weighted by atomic mass is 19.1. The van der Waals surface area contributed by atoms with E-state index in [9.17, 15) is 9.18 Å². The molecule has 1 N–H and O–H groups in total. The molecule has 2 aliphatic heterocycles. The Morgan fingerprint density at radius 1 is 1.06 bits per heavy atom. The molecule has 2 aromatic carbocycles. The molecule has 2 aliphatic rings. The summed E-state index contributed by atoms with van der Waals surface area (Å²) in [5, 5.41) is 3.40. The van der Waals surface area contributed by atoms with Gasteiger partial charge < -0.3 is 14.8 Å². The first-order chi connectivity index (χ1) is 15.9. The summed E-state index contributed by atoms with van der Waals surface area (Å²) in [5.74, 6) is 1.04. The highest BCUT2D eigenvalue weighted by Gasteiger charge is 2.63. The molecule has 4 rings (SSSR count). The molecular formula is C27H35FN2O3. The van der Waals surface area contributed by atoms with Gasteiger partial charge >= 0.3 is 6.09 Å². The summed E-state index contributed by atoms with van der Waals surface area (Å²) >= 11 is 0. The van der Waals surface area contributed by atoms with Crippen molar-refractivity contribution in [2.75, 3.05) is 19.7 Å². The zero-order chi connectivity index (χ0) is 23.5. The minimum Gasteiger partial charge on any atom is -0.493 e. The van der Waals surface area contributed by atoms with E-state index in [1.54, 1.807) is 0 Å². The van der Waals surface area contributed by atoms with Crippen LogP contribution in [0.25, 0.3) is 0 Å². The van der Waals surface area contributed by atoms with Crippen LogP contribution in [0.2, 0.25) is 0 Å². The summed E-state index contributed by atoms with van der Waals surface area (Å²) in [7, 11) is 0. The second kappa shape index (κ2) is 9.72. The van der Waals surface area contributed by atoms with Crippen LogP contribution in [0.3, 0.4) is 0 Å². The molecule has 1 unspecified atom stereocenters. The van der Waals surface area contributed by atoms with E-state index in [1.165, 1.54) is 12.1 Å². The van der Waals surface area contributed by atoms with Gasteiger partial charge in [-0.05, 0) is 67.2 Å². The van der Waals surface area contributed by atoms with Crippen molar-refractivity contribution < 1.29 is 18.7 Å². The lowest BCUT2D eigenvalue weighted by molar-refractivity contribution is -0.0441. The third-order valence-electron chi connectivity index (χ3n) is 7.12. The second-order valence-corrected chi connectivity index (χ2v) is 9.74. The highest BCUT2D eigenvalue weighted by molar-refractivity contribution is 5.73. The van der Waals surface area contributed by atoms with Gasteiger partial charge in [0, 0.05) is 19.4 Å². The molecule has 33 heavy (non-hydrogen) atoms. The van der Waals surface area contributed by atoms with Crippen molar-refractivity contribution in [3.8, 4) is 5.75 Å². The van der Waals surface area contributed by atoms with Gasteiger partial charge in [-0.3, -0.25) is 4.90 Å².